The standard InChI is InChI=1S/C12H11F6N3O3S/c13-11(14,15)6-4-21(3-5(6)9(22)23)10(24)20-7(12(16,17)18)8-19-1-2-25-8/h1-2,5-7H,3-4H2,(H,20,24)(H,22,23)/t5-,6-,7?/m1/s1. The molecule has 2 rings (SSSR count). The fraction of sp³-hybridized carbons (Fsp3) is 0.583. The number of urea groups is 1. The Morgan fingerprint density at radius 3 is 2.32 bits per heavy atom. The van der Waals surface area contributed by atoms with E-state index in [0.717, 1.165) is 6.20 Å². The fourth-order valence-electron chi connectivity index (χ4n) is 2.43. The van der Waals surface area contributed by atoms with Crippen molar-refractivity contribution >= 4 is 23.3 Å². The molecule has 1 aromatic heterocycles. The van der Waals surface area contributed by atoms with Gasteiger partial charge in [-0.05, 0) is 0 Å². The van der Waals surface area contributed by atoms with Crippen LogP contribution >= 0.6 is 11.3 Å². The van der Waals surface area contributed by atoms with Crippen LogP contribution in [0.25, 0.3) is 0 Å². The second-order valence-electron chi connectivity index (χ2n) is 5.29. The normalized spacial score (nSPS) is 22.7. The third kappa shape index (κ3) is 4.32. The maximum absolute atomic E-state index is 13.1. The number of hydrogen-bond donors (Lipinski definition) is 2. The molecule has 6 nitrogen and oxygen atoms in total. The highest BCUT2D eigenvalue weighted by atomic mass is 32.1. The van der Waals surface area contributed by atoms with Crippen LogP contribution in [0.3, 0.4) is 0 Å². The number of aliphatic carboxylic acids is 1. The monoisotopic (exact) mass is 391 g/mol. The number of halogens is 6. The van der Waals surface area contributed by atoms with Gasteiger partial charge >= 0.3 is 24.4 Å². The average molecular weight is 391 g/mol. The molecular weight excluding hydrogens is 380 g/mol. The van der Waals surface area contributed by atoms with Crippen molar-refractivity contribution in [3.8, 4) is 0 Å². The highest BCUT2D eigenvalue weighted by Gasteiger charge is 2.54. The molecule has 13 heteroatoms. The molecule has 25 heavy (non-hydrogen) atoms. The van der Waals surface area contributed by atoms with Gasteiger partial charge in [0.2, 0.25) is 0 Å². The Labute approximate surface area is 140 Å². The third-order valence-electron chi connectivity index (χ3n) is 3.64. The van der Waals surface area contributed by atoms with Gasteiger partial charge in [0.25, 0.3) is 0 Å². The molecule has 2 N–H and O–H groups in total. The molecule has 3 atom stereocenters. The number of likely N-dealkylation sites (tertiary alicyclic amines) is 1. The minimum atomic E-state index is -4.91. The van der Waals surface area contributed by atoms with Crippen LogP contribution in [0, 0.1) is 11.8 Å². The van der Waals surface area contributed by atoms with E-state index in [4.69, 9.17) is 5.11 Å². The lowest BCUT2D eigenvalue weighted by molar-refractivity contribution is -0.187. The number of amides is 2. The van der Waals surface area contributed by atoms with Gasteiger partial charge in [-0.15, -0.1) is 11.3 Å². The number of carboxylic acid groups (broad SMARTS) is 1. The summed E-state index contributed by atoms with van der Waals surface area (Å²) in [5, 5.41) is 11.2. The van der Waals surface area contributed by atoms with Crippen LogP contribution in [-0.4, -0.2) is 52.4 Å². The van der Waals surface area contributed by atoms with Crippen LogP contribution in [0.1, 0.15) is 11.0 Å². The number of aromatic nitrogens is 1. The Hall–Kier alpha value is -2.05. The smallest absolute Gasteiger partial charge is 0.415 e. The van der Waals surface area contributed by atoms with Crippen molar-refractivity contribution in [3.63, 3.8) is 0 Å². The third-order valence-corrected chi connectivity index (χ3v) is 4.48. The Kier molecular flexibility index (Phi) is 5.16. The molecule has 1 fully saturated rings. The number of rotatable bonds is 3. The Balaban J connectivity index is 2.16. The van der Waals surface area contributed by atoms with Crippen LogP contribution in [0.5, 0.6) is 0 Å². The van der Waals surface area contributed by atoms with Crippen LogP contribution < -0.4 is 5.32 Å². The van der Waals surface area contributed by atoms with Gasteiger partial charge in [-0.3, -0.25) is 4.79 Å². The molecule has 0 aromatic carbocycles. The quantitative estimate of drug-likeness (QED) is 0.777. The second-order valence-corrected chi connectivity index (χ2v) is 6.22. The summed E-state index contributed by atoms with van der Waals surface area (Å²) in [5.41, 5.74) is 0. The SMILES string of the molecule is O=C(O)[C@@H]1CN(C(=O)NC(c2nccs2)C(F)(F)F)C[C@H]1C(F)(F)F. The molecule has 1 aromatic rings. The first-order chi connectivity index (χ1) is 11.4. The summed E-state index contributed by atoms with van der Waals surface area (Å²) >= 11 is 0.614. The van der Waals surface area contributed by atoms with E-state index in [1.807, 2.05) is 0 Å². The number of thiazole rings is 1. The van der Waals surface area contributed by atoms with E-state index in [2.05, 4.69) is 4.98 Å². The summed E-state index contributed by atoms with van der Waals surface area (Å²) in [6, 6.07) is -3.93. The largest absolute Gasteiger partial charge is 0.481 e. The van der Waals surface area contributed by atoms with E-state index >= 15 is 0 Å². The molecule has 0 radical (unpaired) electrons. The lowest BCUT2D eigenvalue weighted by atomic mass is 9.96. The minimum absolute atomic E-state index is 0.420. The van der Waals surface area contributed by atoms with Crippen molar-refractivity contribution in [1.82, 2.24) is 15.2 Å². The van der Waals surface area contributed by atoms with Gasteiger partial charge in [-0.25, -0.2) is 9.78 Å². The van der Waals surface area contributed by atoms with Crippen molar-refractivity contribution in [2.45, 2.75) is 18.4 Å². The van der Waals surface area contributed by atoms with Crippen molar-refractivity contribution in [1.29, 1.82) is 0 Å². The van der Waals surface area contributed by atoms with Crippen LogP contribution in [0.2, 0.25) is 0 Å². The van der Waals surface area contributed by atoms with E-state index in [1.165, 1.54) is 5.38 Å². The van der Waals surface area contributed by atoms with E-state index < -0.39 is 60.3 Å². The Morgan fingerprint density at radius 2 is 1.92 bits per heavy atom. The predicted octanol–water partition coefficient (Wildman–Crippen LogP) is 2.65. The average Bonchev–Trinajstić information content (AvgIpc) is 3.11. The van der Waals surface area contributed by atoms with Gasteiger partial charge in [0, 0.05) is 24.7 Å². The Morgan fingerprint density at radius 1 is 1.28 bits per heavy atom. The van der Waals surface area contributed by atoms with Crippen molar-refractivity contribution < 1.29 is 41.0 Å². The summed E-state index contributed by atoms with van der Waals surface area (Å²) in [7, 11) is 0. The first-order valence-corrected chi connectivity index (χ1v) is 7.60. The fourth-order valence-corrected chi connectivity index (χ4v) is 3.14. The topological polar surface area (TPSA) is 82.5 Å². The first-order valence-electron chi connectivity index (χ1n) is 6.72. The minimum Gasteiger partial charge on any atom is -0.481 e. The molecule has 0 saturated carbocycles. The second kappa shape index (κ2) is 6.69. The zero-order valence-electron chi connectivity index (χ0n) is 12.1. The zero-order chi connectivity index (χ0) is 19.0. The molecule has 0 bridgehead atoms. The highest BCUT2D eigenvalue weighted by molar-refractivity contribution is 7.09. The molecule has 140 valence electrons. The van der Waals surface area contributed by atoms with Crippen molar-refractivity contribution in [2.75, 3.05) is 13.1 Å². The van der Waals surface area contributed by atoms with Gasteiger partial charge in [-0.2, -0.15) is 26.3 Å². The summed E-state index contributed by atoms with van der Waals surface area (Å²) < 4.78 is 77.8. The van der Waals surface area contributed by atoms with E-state index in [0.29, 0.717) is 16.2 Å². The molecule has 2 amide bonds. The predicted molar refractivity (Wildman–Crippen MR) is 71.7 cm³/mol. The van der Waals surface area contributed by atoms with Crippen LogP contribution in [-0.2, 0) is 4.79 Å². The number of nitrogens with one attached hydrogen (secondary N) is 1. The van der Waals surface area contributed by atoms with Crippen molar-refractivity contribution in [2.24, 2.45) is 11.8 Å². The molecule has 1 saturated heterocycles. The van der Waals surface area contributed by atoms with Gasteiger partial charge in [-0.1, -0.05) is 0 Å². The zero-order valence-corrected chi connectivity index (χ0v) is 13.0. The lowest BCUT2D eigenvalue weighted by Gasteiger charge is -2.24. The number of carboxylic acids is 1. The number of nitrogens with zero attached hydrogens (tertiary/aromatic N) is 2. The summed E-state index contributed by atoms with van der Waals surface area (Å²) in [5.74, 6) is -6.06. The maximum Gasteiger partial charge on any atom is 0.415 e. The highest BCUT2D eigenvalue weighted by Crippen LogP contribution is 2.38. The van der Waals surface area contributed by atoms with Crippen LogP contribution in [0.4, 0.5) is 31.1 Å². The summed E-state index contributed by atoms with van der Waals surface area (Å²) in [4.78, 5) is 26.8. The summed E-state index contributed by atoms with van der Waals surface area (Å²) in [6.07, 6.45) is -8.72. The van der Waals surface area contributed by atoms with E-state index in [1.54, 1.807) is 5.32 Å². The number of hydrogen-bond acceptors (Lipinski definition) is 4. The molecule has 0 aliphatic carbocycles. The molecule has 1 unspecified atom stereocenters. The molecule has 2 heterocycles. The number of alkyl halides is 6. The van der Waals surface area contributed by atoms with Gasteiger partial charge < -0.3 is 15.3 Å². The molecular formula is C12H11F6N3O3S. The molecule has 1 aliphatic heterocycles. The van der Waals surface area contributed by atoms with E-state index in [-0.39, 0.29) is 0 Å². The van der Waals surface area contributed by atoms with Crippen molar-refractivity contribution in [3.05, 3.63) is 16.6 Å². The van der Waals surface area contributed by atoms with E-state index in [9.17, 15) is 35.9 Å². The van der Waals surface area contributed by atoms with Gasteiger partial charge in [0.1, 0.15) is 5.01 Å². The number of carbonyl (C=O) groups is 2. The van der Waals surface area contributed by atoms with Gasteiger partial charge in [0.05, 0.1) is 11.8 Å². The number of carbonyl (C=O) groups excluding carboxylic acids is 1. The first kappa shape index (κ1) is 19.3. The van der Waals surface area contributed by atoms with Gasteiger partial charge in [0.15, 0.2) is 6.04 Å². The molecule has 1 aliphatic rings. The summed E-state index contributed by atoms with van der Waals surface area (Å²) in [6.45, 7) is -1.87. The molecule has 0 spiro atoms. The lowest BCUT2D eigenvalue weighted by Crippen LogP contribution is -2.45. The Bertz CT molecular complexity index is 633. The van der Waals surface area contributed by atoms with Crippen LogP contribution in [0.15, 0.2) is 11.6 Å². The maximum atomic E-state index is 13.1.